The Balaban J connectivity index is 2.27. The van der Waals surface area contributed by atoms with E-state index in [1.165, 1.54) is 37.4 Å². The lowest BCUT2D eigenvalue weighted by atomic mass is 10.2. The fourth-order valence-electron chi connectivity index (χ4n) is 1.82. The predicted molar refractivity (Wildman–Crippen MR) is 93.7 cm³/mol. The van der Waals surface area contributed by atoms with Crippen LogP contribution in [-0.4, -0.2) is 32.7 Å². The number of carbonyl (C=O) groups is 1. The van der Waals surface area contributed by atoms with Crippen LogP contribution in [0.15, 0.2) is 30.3 Å². The van der Waals surface area contributed by atoms with E-state index in [1.807, 2.05) is 0 Å². The molecule has 0 unspecified atom stereocenters. The van der Waals surface area contributed by atoms with Crippen molar-refractivity contribution in [2.45, 2.75) is 0 Å². The molecule has 2 aromatic rings. The lowest BCUT2D eigenvalue weighted by molar-refractivity contribution is 0.102. The number of amides is 1. The van der Waals surface area contributed by atoms with Gasteiger partial charge in [0.1, 0.15) is 16.6 Å². The predicted octanol–water partition coefficient (Wildman–Crippen LogP) is 3.02. The van der Waals surface area contributed by atoms with Gasteiger partial charge in [-0.2, -0.15) is 0 Å². The van der Waals surface area contributed by atoms with E-state index < -0.39 is 15.9 Å². The lowest BCUT2D eigenvalue weighted by Gasteiger charge is -2.12. The van der Waals surface area contributed by atoms with Crippen molar-refractivity contribution >= 4 is 50.5 Å². The quantitative estimate of drug-likeness (QED) is 0.765. The SMILES string of the molecule is COc1cc(NC(=O)c2nc(Cl)ccc2Cl)ccc1NS(C)(=O)=O. The fraction of sp³-hybridized carbons (Fsp3) is 0.143. The Morgan fingerprint density at radius 3 is 2.54 bits per heavy atom. The van der Waals surface area contributed by atoms with Gasteiger partial charge in [-0.05, 0) is 24.3 Å². The number of ether oxygens (including phenoxy) is 1. The summed E-state index contributed by atoms with van der Waals surface area (Å²) in [4.78, 5) is 16.1. The second kappa shape index (κ2) is 7.25. The summed E-state index contributed by atoms with van der Waals surface area (Å²) in [5, 5.41) is 2.88. The monoisotopic (exact) mass is 389 g/mol. The molecule has 0 fully saturated rings. The average molecular weight is 390 g/mol. The summed E-state index contributed by atoms with van der Waals surface area (Å²) in [7, 11) is -2.08. The number of hydrogen-bond donors (Lipinski definition) is 2. The summed E-state index contributed by atoms with van der Waals surface area (Å²) in [5.74, 6) is -0.322. The number of sulfonamides is 1. The Labute approximate surface area is 149 Å². The standard InChI is InChI=1S/C14H13Cl2N3O4S/c1-23-11-7-8(3-5-10(11)19-24(2,21)22)17-14(20)13-9(15)4-6-12(16)18-13/h3-7,19H,1-2H3,(H,17,20). The number of benzene rings is 1. The molecule has 0 aliphatic carbocycles. The first-order chi connectivity index (χ1) is 11.2. The van der Waals surface area contributed by atoms with Crippen LogP contribution in [0, 0.1) is 0 Å². The van der Waals surface area contributed by atoms with E-state index in [0.29, 0.717) is 5.69 Å². The molecule has 128 valence electrons. The Bertz CT molecular complexity index is 888. The van der Waals surface area contributed by atoms with Gasteiger partial charge < -0.3 is 10.1 Å². The smallest absolute Gasteiger partial charge is 0.275 e. The highest BCUT2D eigenvalue weighted by Crippen LogP contribution is 2.29. The lowest BCUT2D eigenvalue weighted by Crippen LogP contribution is -2.15. The molecule has 1 aromatic carbocycles. The van der Waals surface area contributed by atoms with Crippen LogP contribution in [0.3, 0.4) is 0 Å². The van der Waals surface area contributed by atoms with Crippen molar-refractivity contribution in [2.75, 3.05) is 23.4 Å². The summed E-state index contributed by atoms with van der Waals surface area (Å²) < 4.78 is 30.1. The van der Waals surface area contributed by atoms with Crippen LogP contribution in [0.2, 0.25) is 10.2 Å². The van der Waals surface area contributed by atoms with Gasteiger partial charge in [0.15, 0.2) is 0 Å². The summed E-state index contributed by atoms with van der Waals surface area (Å²) in [6.45, 7) is 0. The molecule has 1 amide bonds. The number of aromatic nitrogens is 1. The van der Waals surface area contributed by atoms with Crippen LogP contribution in [0.5, 0.6) is 5.75 Å². The Hall–Kier alpha value is -2.03. The van der Waals surface area contributed by atoms with Crippen LogP contribution in [0.1, 0.15) is 10.5 Å². The van der Waals surface area contributed by atoms with Gasteiger partial charge in [-0.15, -0.1) is 0 Å². The molecule has 24 heavy (non-hydrogen) atoms. The summed E-state index contributed by atoms with van der Waals surface area (Å²) in [5.41, 5.74) is 0.590. The van der Waals surface area contributed by atoms with E-state index in [9.17, 15) is 13.2 Å². The summed E-state index contributed by atoms with van der Waals surface area (Å²) in [6, 6.07) is 7.36. The van der Waals surface area contributed by atoms with Crippen molar-refractivity contribution in [3.05, 3.63) is 46.2 Å². The molecule has 0 radical (unpaired) electrons. The van der Waals surface area contributed by atoms with Gasteiger partial charge in [0.2, 0.25) is 10.0 Å². The maximum absolute atomic E-state index is 12.2. The molecule has 0 spiro atoms. The molecule has 1 aromatic heterocycles. The minimum absolute atomic E-state index is 0.0264. The fourth-order valence-corrected chi connectivity index (χ4v) is 2.73. The van der Waals surface area contributed by atoms with E-state index in [-0.39, 0.29) is 27.3 Å². The third-order valence-corrected chi connectivity index (χ3v) is 3.89. The number of nitrogens with zero attached hydrogens (tertiary/aromatic N) is 1. The molecule has 0 saturated carbocycles. The zero-order valence-electron chi connectivity index (χ0n) is 12.6. The van der Waals surface area contributed by atoms with Crippen molar-refractivity contribution in [2.24, 2.45) is 0 Å². The summed E-state index contributed by atoms with van der Waals surface area (Å²) >= 11 is 11.7. The van der Waals surface area contributed by atoms with Crippen LogP contribution in [0.4, 0.5) is 11.4 Å². The maximum atomic E-state index is 12.2. The Kier molecular flexibility index (Phi) is 5.53. The largest absolute Gasteiger partial charge is 0.494 e. The van der Waals surface area contributed by atoms with E-state index in [0.717, 1.165) is 6.26 Å². The first-order valence-corrected chi connectivity index (χ1v) is 9.13. The highest BCUT2D eigenvalue weighted by Gasteiger charge is 2.15. The number of rotatable bonds is 5. The molecular formula is C14H13Cl2N3O4S. The Morgan fingerprint density at radius 1 is 1.21 bits per heavy atom. The third-order valence-electron chi connectivity index (χ3n) is 2.78. The number of carbonyl (C=O) groups excluding carboxylic acids is 1. The third kappa shape index (κ3) is 4.73. The normalized spacial score (nSPS) is 11.0. The maximum Gasteiger partial charge on any atom is 0.275 e. The zero-order valence-corrected chi connectivity index (χ0v) is 15.0. The zero-order chi connectivity index (χ0) is 17.9. The van der Waals surface area contributed by atoms with Crippen molar-refractivity contribution < 1.29 is 17.9 Å². The minimum Gasteiger partial charge on any atom is -0.494 e. The molecule has 0 aliphatic heterocycles. The molecule has 0 saturated heterocycles. The van der Waals surface area contributed by atoms with E-state index in [2.05, 4.69) is 15.0 Å². The van der Waals surface area contributed by atoms with E-state index in [4.69, 9.17) is 27.9 Å². The van der Waals surface area contributed by atoms with Gasteiger partial charge in [0.05, 0.1) is 24.1 Å². The number of nitrogens with one attached hydrogen (secondary N) is 2. The van der Waals surface area contributed by atoms with Gasteiger partial charge in [0.25, 0.3) is 5.91 Å². The van der Waals surface area contributed by atoms with Crippen molar-refractivity contribution in [1.82, 2.24) is 4.98 Å². The van der Waals surface area contributed by atoms with Gasteiger partial charge in [-0.1, -0.05) is 23.2 Å². The molecular weight excluding hydrogens is 377 g/mol. The topological polar surface area (TPSA) is 97.4 Å². The van der Waals surface area contributed by atoms with Gasteiger partial charge in [-0.25, -0.2) is 13.4 Å². The molecule has 2 N–H and O–H groups in total. The van der Waals surface area contributed by atoms with Crippen molar-refractivity contribution in [3.8, 4) is 5.75 Å². The molecule has 2 rings (SSSR count). The number of pyridine rings is 1. The van der Waals surface area contributed by atoms with Crippen molar-refractivity contribution in [3.63, 3.8) is 0 Å². The molecule has 7 nitrogen and oxygen atoms in total. The first kappa shape index (κ1) is 18.3. The second-order valence-corrected chi connectivity index (χ2v) is 7.25. The number of methoxy groups -OCH3 is 1. The second-order valence-electron chi connectivity index (χ2n) is 4.71. The molecule has 1 heterocycles. The van der Waals surface area contributed by atoms with Gasteiger partial charge >= 0.3 is 0 Å². The van der Waals surface area contributed by atoms with Crippen LogP contribution < -0.4 is 14.8 Å². The summed E-state index contributed by atoms with van der Waals surface area (Å²) in [6.07, 6.45) is 1.02. The van der Waals surface area contributed by atoms with Crippen molar-refractivity contribution in [1.29, 1.82) is 0 Å². The average Bonchev–Trinajstić information content (AvgIpc) is 2.49. The van der Waals surface area contributed by atoms with E-state index >= 15 is 0 Å². The van der Waals surface area contributed by atoms with Crippen LogP contribution >= 0.6 is 23.2 Å². The molecule has 0 aliphatic rings. The highest BCUT2D eigenvalue weighted by atomic mass is 35.5. The highest BCUT2D eigenvalue weighted by molar-refractivity contribution is 7.92. The minimum atomic E-state index is -3.46. The number of anilines is 2. The van der Waals surface area contributed by atoms with Gasteiger partial charge in [-0.3, -0.25) is 9.52 Å². The Morgan fingerprint density at radius 2 is 1.92 bits per heavy atom. The number of halogens is 2. The molecule has 10 heteroatoms. The van der Waals surface area contributed by atoms with E-state index in [1.54, 1.807) is 0 Å². The number of hydrogen-bond acceptors (Lipinski definition) is 5. The van der Waals surface area contributed by atoms with Crippen LogP contribution in [0.25, 0.3) is 0 Å². The molecule has 0 bridgehead atoms. The van der Waals surface area contributed by atoms with Gasteiger partial charge in [0, 0.05) is 11.8 Å². The van der Waals surface area contributed by atoms with Crippen LogP contribution in [-0.2, 0) is 10.0 Å². The molecule has 0 atom stereocenters. The first-order valence-electron chi connectivity index (χ1n) is 6.49.